The molecule has 0 aromatic heterocycles. The number of hydrogen-bond acceptors (Lipinski definition) is 2. The van der Waals surface area contributed by atoms with Crippen molar-refractivity contribution in [2.45, 2.75) is 6.92 Å². The molecular formula is C8H9FN2. The Morgan fingerprint density at radius 1 is 1.73 bits per heavy atom. The third-order valence-electron chi connectivity index (χ3n) is 1.05. The number of nitriles is 1. The van der Waals surface area contributed by atoms with E-state index in [4.69, 9.17) is 11.0 Å². The number of nitrogens with zero attached hydrogens (tertiary/aromatic N) is 1. The largest absolute Gasteiger partial charge is 0.398 e. The summed E-state index contributed by atoms with van der Waals surface area (Å²) in [4.78, 5) is 0. The minimum absolute atomic E-state index is 0.0584. The van der Waals surface area contributed by atoms with Crippen LogP contribution in [0.1, 0.15) is 6.92 Å². The average Bonchev–Trinajstić information content (AvgIpc) is 2.02. The SMILES string of the molecule is C=C(C#N)/C(N)=C\C(F)=C/C. The number of hydrogen-bond donors (Lipinski definition) is 1. The third-order valence-corrected chi connectivity index (χ3v) is 1.05. The monoisotopic (exact) mass is 152 g/mol. The molecule has 0 amide bonds. The van der Waals surface area contributed by atoms with Crippen molar-refractivity contribution in [3.05, 3.63) is 35.8 Å². The van der Waals surface area contributed by atoms with Crippen molar-refractivity contribution in [3.8, 4) is 6.07 Å². The molecule has 0 atom stereocenters. The second kappa shape index (κ2) is 4.29. The van der Waals surface area contributed by atoms with E-state index in [0.29, 0.717) is 0 Å². The fourth-order valence-electron chi connectivity index (χ4n) is 0.384. The lowest BCUT2D eigenvalue weighted by atomic mass is 10.2. The highest BCUT2D eigenvalue weighted by Gasteiger charge is 1.95. The van der Waals surface area contributed by atoms with Crippen LogP contribution in [0.2, 0.25) is 0 Å². The van der Waals surface area contributed by atoms with Crippen LogP contribution >= 0.6 is 0 Å². The molecule has 0 heterocycles. The summed E-state index contributed by atoms with van der Waals surface area (Å²) in [6.07, 6.45) is 2.31. The Labute approximate surface area is 65.1 Å². The summed E-state index contributed by atoms with van der Waals surface area (Å²) < 4.78 is 12.4. The Morgan fingerprint density at radius 3 is 2.64 bits per heavy atom. The molecular weight excluding hydrogens is 143 g/mol. The first-order chi connectivity index (χ1) is 5.11. The van der Waals surface area contributed by atoms with E-state index in [1.165, 1.54) is 13.0 Å². The zero-order valence-electron chi connectivity index (χ0n) is 6.26. The Hall–Kier alpha value is -1.56. The highest BCUT2D eigenvalue weighted by Crippen LogP contribution is 2.05. The van der Waals surface area contributed by atoms with Gasteiger partial charge in [0.1, 0.15) is 11.9 Å². The van der Waals surface area contributed by atoms with Gasteiger partial charge in [-0.3, -0.25) is 0 Å². The molecule has 3 heteroatoms. The van der Waals surface area contributed by atoms with Crippen LogP contribution in [0.4, 0.5) is 4.39 Å². The molecule has 0 aromatic rings. The van der Waals surface area contributed by atoms with Gasteiger partial charge in [-0.15, -0.1) is 0 Å². The van der Waals surface area contributed by atoms with Gasteiger partial charge < -0.3 is 5.73 Å². The van der Waals surface area contributed by atoms with E-state index in [9.17, 15) is 4.39 Å². The van der Waals surface area contributed by atoms with E-state index in [0.717, 1.165) is 6.08 Å². The van der Waals surface area contributed by atoms with Crippen molar-refractivity contribution in [1.29, 1.82) is 5.26 Å². The van der Waals surface area contributed by atoms with Gasteiger partial charge in [0.25, 0.3) is 0 Å². The summed E-state index contributed by atoms with van der Waals surface area (Å²) in [5.41, 5.74) is 5.39. The first-order valence-corrected chi connectivity index (χ1v) is 3.00. The number of allylic oxidation sites excluding steroid dienone is 4. The quantitative estimate of drug-likeness (QED) is 0.484. The van der Waals surface area contributed by atoms with Crippen LogP contribution in [0.5, 0.6) is 0 Å². The molecule has 58 valence electrons. The maximum atomic E-state index is 12.4. The average molecular weight is 152 g/mol. The highest BCUT2D eigenvalue weighted by molar-refractivity contribution is 5.39. The summed E-state index contributed by atoms with van der Waals surface area (Å²) in [5.74, 6) is -0.473. The molecule has 0 rings (SSSR count). The van der Waals surface area contributed by atoms with Gasteiger partial charge in [-0.25, -0.2) is 4.39 Å². The molecule has 0 unspecified atom stereocenters. The van der Waals surface area contributed by atoms with Crippen LogP contribution in [0, 0.1) is 11.3 Å². The van der Waals surface area contributed by atoms with Crippen molar-refractivity contribution >= 4 is 0 Å². The molecule has 2 N–H and O–H groups in total. The van der Waals surface area contributed by atoms with Crippen LogP contribution in [-0.4, -0.2) is 0 Å². The van der Waals surface area contributed by atoms with Crippen LogP contribution in [0.25, 0.3) is 0 Å². The molecule has 0 aliphatic carbocycles. The van der Waals surface area contributed by atoms with Gasteiger partial charge >= 0.3 is 0 Å². The molecule has 0 aromatic carbocycles. The van der Waals surface area contributed by atoms with Crippen LogP contribution in [-0.2, 0) is 0 Å². The summed E-state index contributed by atoms with van der Waals surface area (Å²) >= 11 is 0. The number of halogens is 1. The minimum Gasteiger partial charge on any atom is -0.398 e. The van der Waals surface area contributed by atoms with E-state index in [-0.39, 0.29) is 11.3 Å². The smallest absolute Gasteiger partial charge is 0.121 e. The molecule has 0 bridgehead atoms. The zero-order valence-corrected chi connectivity index (χ0v) is 6.26. The van der Waals surface area contributed by atoms with E-state index in [2.05, 4.69) is 6.58 Å². The molecule has 0 aliphatic rings. The van der Waals surface area contributed by atoms with Gasteiger partial charge in [-0.1, -0.05) is 12.7 Å². The van der Waals surface area contributed by atoms with Crippen molar-refractivity contribution in [3.63, 3.8) is 0 Å². The fraction of sp³-hybridized carbons (Fsp3) is 0.125. The first-order valence-electron chi connectivity index (χ1n) is 3.00. The fourth-order valence-corrected chi connectivity index (χ4v) is 0.384. The van der Waals surface area contributed by atoms with Crippen LogP contribution < -0.4 is 5.73 Å². The van der Waals surface area contributed by atoms with Gasteiger partial charge in [0.2, 0.25) is 0 Å². The Kier molecular flexibility index (Phi) is 3.68. The van der Waals surface area contributed by atoms with E-state index < -0.39 is 5.83 Å². The number of nitrogens with two attached hydrogens (primary N) is 1. The molecule has 0 saturated heterocycles. The summed E-state index contributed by atoms with van der Waals surface area (Å²) in [6.45, 7) is 4.85. The minimum atomic E-state index is -0.473. The summed E-state index contributed by atoms with van der Waals surface area (Å²) in [6, 6.07) is 1.71. The summed E-state index contributed by atoms with van der Waals surface area (Å²) in [7, 11) is 0. The van der Waals surface area contributed by atoms with Gasteiger partial charge in [-0.05, 0) is 13.0 Å². The third kappa shape index (κ3) is 3.21. The predicted molar refractivity (Wildman–Crippen MR) is 41.9 cm³/mol. The topological polar surface area (TPSA) is 49.8 Å². The van der Waals surface area contributed by atoms with E-state index in [1.54, 1.807) is 6.07 Å². The second-order valence-corrected chi connectivity index (χ2v) is 1.86. The Bertz CT molecular complexity index is 256. The van der Waals surface area contributed by atoms with E-state index >= 15 is 0 Å². The highest BCUT2D eigenvalue weighted by atomic mass is 19.1. The van der Waals surface area contributed by atoms with Crippen molar-refractivity contribution in [1.82, 2.24) is 0 Å². The molecule has 0 aliphatic heterocycles. The van der Waals surface area contributed by atoms with Gasteiger partial charge in [-0.2, -0.15) is 5.26 Å². The molecule has 2 nitrogen and oxygen atoms in total. The molecule has 0 spiro atoms. The maximum absolute atomic E-state index is 12.4. The molecule has 11 heavy (non-hydrogen) atoms. The van der Waals surface area contributed by atoms with E-state index in [1.807, 2.05) is 0 Å². The second-order valence-electron chi connectivity index (χ2n) is 1.86. The standard InChI is InChI=1S/C8H9FN2/c1-3-7(9)4-8(11)6(2)5-10/h3-4H,2,11H2,1H3/b7-3+,8-4+. The molecule has 0 saturated carbocycles. The zero-order chi connectivity index (χ0) is 8.85. The van der Waals surface area contributed by atoms with Gasteiger partial charge in [0, 0.05) is 0 Å². The Balaban J connectivity index is 4.50. The predicted octanol–water partition coefficient (Wildman–Crippen LogP) is 1.78. The maximum Gasteiger partial charge on any atom is 0.121 e. The van der Waals surface area contributed by atoms with Crippen molar-refractivity contribution < 1.29 is 4.39 Å². The van der Waals surface area contributed by atoms with Crippen LogP contribution in [0.3, 0.4) is 0 Å². The van der Waals surface area contributed by atoms with Crippen LogP contribution in [0.15, 0.2) is 35.8 Å². The lowest BCUT2D eigenvalue weighted by Crippen LogP contribution is -1.98. The van der Waals surface area contributed by atoms with Gasteiger partial charge in [0.05, 0.1) is 11.3 Å². The Morgan fingerprint density at radius 2 is 2.27 bits per heavy atom. The van der Waals surface area contributed by atoms with Crippen molar-refractivity contribution in [2.75, 3.05) is 0 Å². The lowest BCUT2D eigenvalue weighted by Gasteiger charge is -1.93. The van der Waals surface area contributed by atoms with Crippen molar-refractivity contribution in [2.24, 2.45) is 5.73 Å². The lowest BCUT2D eigenvalue weighted by molar-refractivity contribution is 0.663. The molecule has 0 fully saturated rings. The molecule has 0 radical (unpaired) electrons. The summed E-state index contributed by atoms with van der Waals surface area (Å²) in [5, 5.41) is 8.28. The van der Waals surface area contributed by atoms with Gasteiger partial charge in [0.15, 0.2) is 0 Å². The normalized spacial score (nSPS) is 12.5. The first kappa shape index (κ1) is 9.44. The number of rotatable bonds is 2.